The van der Waals surface area contributed by atoms with Gasteiger partial charge in [0.05, 0.1) is 11.4 Å². The topological polar surface area (TPSA) is 17.8 Å². The number of hydrogen-bond donors (Lipinski definition) is 0. The molecule has 0 aliphatic heterocycles. The smallest absolute Gasteiger partial charge is 0.153 e. The maximum Gasteiger partial charge on any atom is 0.153 e. The fraction of sp³-hybridized carbons (Fsp3) is 0.462. The Morgan fingerprint density at radius 1 is 1.42 bits per heavy atom. The van der Waals surface area contributed by atoms with Crippen LogP contribution < -0.4 is 0 Å². The molecule has 0 spiro atoms. The largest absolute Gasteiger partial charge is 0.323 e. The molecule has 0 fully saturated rings. The lowest BCUT2D eigenvalue weighted by molar-refractivity contribution is 0.536. The molecule has 1 aromatic carbocycles. The van der Waals surface area contributed by atoms with Crippen LogP contribution in [0, 0.1) is 11.6 Å². The van der Waals surface area contributed by atoms with Crippen molar-refractivity contribution in [1.29, 1.82) is 0 Å². The van der Waals surface area contributed by atoms with Crippen molar-refractivity contribution in [3.05, 3.63) is 29.6 Å². The number of imidazole rings is 1. The van der Waals surface area contributed by atoms with Crippen LogP contribution in [-0.4, -0.2) is 21.6 Å². The second kappa shape index (κ2) is 6.09. The van der Waals surface area contributed by atoms with E-state index in [9.17, 15) is 8.78 Å². The fourth-order valence-corrected chi connectivity index (χ4v) is 3.20. The number of alkyl halides is 1. The van der Waals surface area contributed by atoms with Gasteiger partial charge in [-0.05, 0) is 18.7 Å². The molecule has 1 atom stereocenters. The minimum Gasteiger partial charge on any atom is -0.323 e. The number of hydrogen-bond acceptors (Lipinski definition) is 2. The summed E-state index contributed by atoms with van der Waals surface area (Å²) in [6, 6.07) is 2.31. The zero-order valence-electron chi connectivity index (χ0n) is 10.8. The molecule has 1 heterocycles. The molecular formula is C13H15ClF2N2S. The lowest BCUT2D eigenvalue weighted by Gasteiger charge is -2.19. The summed E-state index contributed by atoms with van der Waals surface area (Å²) in [7, 11) is 0. The predicted octanol–water partition coefficient (Wildman–Crippen LogP) is 4.37. The third-order valence-corrected chi connectivity index (χ3v) is 4.06. The summed E-state index contributed by atoms with van der Waals surface area (Å²) in [6.07, 6.45) is 2.86. The van der Waals surface area contributed by atoms with Gasteiger partial charge in [-0.25, -0.2) is 13.8 Å². The summed E-state index contributed by atoms with van der Waals surface area (Å²) in [6.45, 7) is 2.04. The summed E-state index contributed by atoms with van der Waals surface area (Å²) in [5.74, 6) is 0.386. The van der Waals surface area contributed by atoms with Crippen LogP contribution in [-0.2, 0) is 5.88 Å². The number of fused-ring (bicyclic) bond motifs is 1. The van der Waals surface area contributed by atoms with E-state index in [1.165, 1.54) is 6.07 Å². The van der Waals surface area contributed by atoms with E-state index < -0.39 is 11.6 Å². The van der Waals surface area contributed by atoms with Gasteiger partial charge in [0.1, 0.15) is 17.2 Å². The highest BCUT2D eigenvalue weighted by Crippen LogP contribution is 2.28. The van der Waals surface area contributed by atoms with Crippen molar-refractivity contribution in [2.24, 2.45) is 0 Å². The van der Waals surface area contributed by atoms with E-state index in [1.54, 1.807) is 11.8 Å². The van der Waals surface area contributed by atoms with Crippen molar-refractivity contribution in [1.82, 2.24) is 9.55 Å². The average Bonchev–Trinajstić information content (AvgIpc) is 2.74. The van der Waals surface area contributed by atoms with Crippen LogP contribution >= 0.6 is 23.4 Å². The van der Waals surface area contributed by atoms with Crippen molar-refractivity contribution in [2.75, 3.05) is 12.0 Å². The maximum atomic E-state index is 13.8. The third kappa shape index (κ3) is 2.72. The molecular weight excluding hydrogens is 290 g/mol. The van der Waals surface area contributed by atoms with E-state index in [0.717, 1.165) is 18.2 Å². The van der Waals surface area contributed by atoms with Gasteiger partial charge in [-0.15, -0.1) is 11.6 Å². The van der Waals surface area contributed by atoms with Crippen molar-refractivity contribution in [3.8, 4) is 0 Å². The Hall–Kier alpha value is -0.810. The first-order valence-corrected chi connectivity index (χ1v) is 7.96. The molecule has 6 heteroatoms. The normalized spacial score (nSPS) is 13.1. The molecule has 2 rings (SSSR count). The summed E-state index contributed by atoms with van der Waals surface area (Å²) >= 11 is 7.58. The van der Waals surface area contributed by atoms with Crippen LogP contribution in [0.5, 0.6) is 0 Å². The first kappa shape index (κ1) is 14.6. The monoisotopic (exact) mass is 304 g/mol. The van der Waals surface area contributed by atoms with E-state index in [1.807, 2.05) is 17.7 Å². The molecule has 1 aromatic heterocycles. The summed E-state index contributed by atoms with van der Waals surface area (Å²) in [4.78, 5) is 4.20. The zero-order chi connectivity index (χ0) is 14.0. The van der Waals surface area contributed by atoms with Gasteiger partial charge in [-0.2, -0.15) is 11.8 Å². The number of aromatic nitrogens is 2. The van der Waals surface area contributed by atoms with Gasteiger partial charge in [0, 0.05) is 17.9 Å². The van der Waals surface area contributed by atoms with E-state index in [-0.39, 0.29) is 17.4 Å². The number of thioether (sulfide) groups is 1. The number of benzene rings is 1. The Labute approximate surface area is 120 Å². The van der Waals surface area contributed by atoms with E-state index >= 15 is 0 Å². The van der Waals surface area contributed by atoms with Gasteiger partial charge in [0.15, 0.2) is 5.82 Å². The Morgan fingerprint density at radius 2 is 2.16 bits per heavy atom. The highest BCUT2D eigenvalue weighted by atomic mass is 35.5. The minimum atomic E-state index is -0.640. The van der Waals surface area contributed by atoms with Crippen molar-refractivity contribution < 1.29 is 8.78 Å². The predicted molar refractivity (Wildman–Crippen MR) is 76.9 cm³/mol. The highest BCUT2D eigenvalue weighted by Gasteiger charge is 2.20. The molecule has 104 valence electrons. The Balaban J connectivity index is 2.68. The van der Waals surface area contributed by atoms with Crippen LogP contribution in [0.1, 0.15) is 25.2 Å². The molecule has 0 saturated carbocycles. The molecule has 19 heavy (non-hydrogen) atoms. The van der Waals surface area contributed by atoms with Crippen molar-refractivity contribution in [3.63, 3.8) is 0 Å². The van der Waals surface area contributed by atoms with Gasteiger partial charge in [0.2, 0.25) is 0 Å². The second-order valence-corrected chi connectivity index (χ2v) is 5.48. The molecule has 0 amide bonds. The molecule has 0 saturated heterocycles. The maximum absolute atomic E-state index is 13.8. The van der Waals surface area contributed by atoms with Crippen LogP contribution in [0.15, 0.2) is 12.1 Å². The Kier molecular flexibility index (Phi) is 4.68. The second-order valence-electron chi connectivity index (χ2n) is 4.30. The first-order valence-electron chi connectivity index (χ1n) is 6.03. The lowest BCUT2D eigenvalue weighted by atomic mass is 10.2. The van der Waals surface area contributed by atoms with Crippen LogP contribution in [0.4, 0.5) is 8.78 Å². The third-order valence-electron chi connectivity index (χ3n) is 3.10. The quantitative estimate of drug-likeness (QED) is 0.764. The van der Waals surface area contributed by atoms with E-state index in [0.29, 0.717) is 11.3 Å². The van der Waals surface area contributed by atoms with Crippen LogP contribution in [0.25, 0.3) is 11.0 Å². The van der Waals surface area contributed by atoms with E-state index in [4.69, 9.17) is 11.6 Å². The zero-order valence-corrected chi connectivity index (χ0v) is 12.4. The van der Waals surface area contributed by atoms with Crippen molar-refractivity contribution in [2.45, 2.75) is 25.3 Å². The number of rotatable bonds is 5. The van der Waals surface area contributed by atoms with Crippen LogP contribution in [0.2, 0.25) is 0 Å². The van der Waals surface area contributed by atoms with Gasteiger partial charge >= 0.3 is 0 Å². The summed E-state index contributed by atoms with van der Waals surface area (Å²) < 4.78 is 29.1. The molecule has 2 aromatic rings. The lowest BCUT2D eigenvalue weighted by Crippen LogP contribution is -2.13. The molecule has 1 unspecified atom stereocenters. The Morgan fingerprint density at radius 3 is 2.74 bits per heavy atom. The molecule has 0 aliphatic rings. The first-order chi connectivity index (χ1) is 9.12. The van der Waals surface area contributed by atoms with Gasteiger partial charge < -0.3 is 4.57 Å². The van der Waals surface area contributed by atoms with Crippen LogP contribution in [0.3, 0.4) is 0 Å². The van der Waals surface area contributed by atoms with Crippen molar-refractivity contribution >= 4 is 34.4 Å². The molecule has 2 nitrogen and oxygen atoms in total. The SMILES string of the molecule is CCC(CSC)n1c(CCl)nc2c(F)cc(F)cc21. The molecule has 0 bridgehead atoms. The highest BCUT2D eigenvalue weighted by molar-refractivity contribution is 7.98. The fourth-order valence-electron chi connectivity index (χ4n) is 2.24. The summed E-state index contributed by atoms with van der Waals surface area (Å²) in [5.41, 5.74) is 0.672. The van der Waals surface area contributed by atoms with Gasteiger partial charge in [-0.3, -0.25) is 0 Å². The minimum absolute atomic E-state index is 0.134. The Bertz CT molecular complexity index is 586. The molecule has 0 radical (unpaired) electrons. The number of nitrogens with zero attached hydrogens (tertiary/aromatic N) is 2. The average molecular weight is 305 g/mol. The molecule has 0 aliphatic carbocycles. The molecule has 0 N–H and O–H groups in total. The van der Waals surface area contributed by atoms with Gasteiger partial charge in [-0.1, -0.05) is 6.92 Å². The number of halogens is 3. The van der Waals surface area contributed by atoms with E-state index in [2.05, 4.69) is 4.98 Å². The summed E-state index contributed by atoms with van der Waals surface area (Å²) in [5, 5.41) is 0. The van der Waals surface area contributed by atoms with Gasteiger partial charge in [0.25, 0.3) is 0 Å². The standard InChI is InChI=1S/C13H15ClF2N2S/c1-3-9(7-19-2)18-11-5-8(15)4-10(16)13(11)17-12(18)6-14/h4-5,9H,3,6-7H2,1-2H3.